The zero-order valence-electron chi connectivity index (χ0n) is 14.8. The highest BCUT2D eigenvalue weighted by molar-refractivity contribution is 5.90. The molecular formula is C23H20O4. The number of carbonyl (C=O) groups excluding carboxylic acids is 2. The van der Waals surface area contributed by atoms with Crippen LogP contribution in [-0.2, 0) is 22.4 Å². The molecule has 0 saturated carbocycles. The summed E-state index contributed by atoms with van der Waals surface area (Å²) in [6.45, 7) is 0.293. The summed E-state index contributed by atoms with van der Waals surface area (Å²) < 4.78 is 10.6. The van der Waals surface area contributed by atoms with Crippen LogP contribution in [-0.4, -0.2) is 18.5 Å². The molecule has 0 aliphatic carbocycles. The lowest BCUT2D eigenvalue weighted by Gasteiger charge is -2.08. The minimum Gasteiger partial charge on any atom is -0.462 e. The van der Waals surface area contributed by atoms with E-state index in [4.69, 9.17) is 9.47 Å². The third-order valence-electron chi connectivity index (χ3n) is 3.96. The smallest absolute Gasteiger partial charge is 0.338 e. The van der Waals surface area contributed by atoms with E-state index in [1.807, 2.05) is 60.7 Å². The first kappa shape index (κ1) is 18.4. The van der Waals surface area contributed by atoms with Crippen LogP contribution in [0.4, 0.5) is 0 Å². The van der Waals surface area contributed by atoms with Crippen molar-refractivity contribution in [3.05, 3.63) is 102 Å². The Morgan fingerprint density at radius 3 is 2.11 bits per heavy atom. The molecule has 0 aliphatic heterocycles. The standard InChI is InChI=1S/C23H20O4/c24-22(16-19-10-5-2-6-11-19)27-21-13-7-12-20(17-21)23(25)26-15-14-18-8-3-1-4-9-18/h1-13,17H,14-16H2. The first-order valence-electron chi connectivity index (χ1n) is 8.76. The molecule has 0 aliphatic rings. The molecule has 0 heterocycles. The third-order valence-corrected chi connectivity index (χ3v) is 3.96. The molecule has 0 saturated heterocycles. The Morgan fingerprint density at radius 2 is 1.41 bits per heavy atom. The van der Waals surface area contributed by atoms with Gasteiger partial charge in [0, 0.05) is 6.42 Å². The van der Waals surface area contributed by atoms with Gasteiger partial charge in [-0.15, -0.1) is 0 Å². The maximum atomic E-state index is 12.2. The van der Waals surface area contributed by atoms with Crippen LogP contribution in [0.15, 0.2) is 84.9 Å². The average Bonchev–Trinajstić information content (AvgIpc) is 2.69. The van der Waals surface area contributed by atoms with Gasteiger partial charge in [-0.3, -0.25) is 4.79 Å². The lowest BCUT2D eigenvalue weighted by molar-refractivity contribution is -0.133. The Kier molecular flexibility index (Phi) is 6.36. The fourth-order valence-electron chi connectivity index (χ4n) is 2.61. The molecule has 4 nitrogen and oxygen atoms in total. The van der Waals surface area contributed by atoms with Crippen LogP contribution in [0, 0.1) is 0 Å². The Hall–Kier alpha value is -3.40. The SMILES string of the molecule is O=C(Cc1ccccc1)Oc1cccc(C(=O)OCCc2ccccc2)c1. The summed E-state index contributed by atoms with van der Waals surface area (Å²) in [5.41, 5.74) is 2.33. The van der Waals surface area contributed by atoms with Crippen molar-refractivity contribution in [2.75, 3.05) is 6.61 Å². The van der Waals surface area contributed by atoms with Crippen LogP contribution >= 0.6 is 0 Å². The first-order valence-corrected chi connectivity index (χ1v) is 8.76. The largest absolute Gasteiger partial charge is 0.462 e. The van der Waals surface area contributed by atoms with E-state index in [2.05, 4.69) is 0 Å². The van der Waals surface area contributed by atoms with Gasteiger partial charge in [-0.1, -0.05) is 66.7 Å². The van der Waals surface area contributed by atoms with Crippen molar-refractivity contribution in [3.63, 3.8) is 0 Å². The third kappa shape index (κ3) is 5.82. The summed E-state index contributed by atoms with van der Waals surface area (Å²) in [7, 11) is 0. The molecule has 3 aromatic carbocycles. The molecule has 3 aromatic rings. The molecule has 0 fully saturated rings. The van der Waals surface area contributed by atoms with E-state index in [0.717, 1.165) is 11.1 Å². The molecule has 0 atom stereocenters. The number of hydrogen-bond donors (Lipinski definition) is 0. The summed E-state index contributed by atoms with van der Waals surface area (Å²) in [5, 5.41) is 0. The molecule has 3 rings (SSSR count). The van der Waals surface area contributed by atoms with Crippen LogP contribution in [0.25, 0.3) is 0 Å². The Morgan fingerprint density at radius 1 is 0.741 bits per heavy atom. The Balaban J connectivity index is 1.53. The van der Waals surface area contributed by atoms with E-state index >= 15 is 0 Å². The van der Waals surface area contributed by atoms with Crippen LogP contribution in [0.2, 0.25) is 0 Å². The van der Waals surface area contributed by atoms with E-state index in [0.29, 0.717) is 24.3 Å². The lowest BCUT2D eigenvalue weighted by atomic mass is 10.1. The average molecular weight is 360 g/mol. The summed E-state index contributed by atoms with van der Waals surface area (Å²) in [6, 6.07) is 25.6. The molecule has 0 bridgehead atoms. The highest BCUT2D eigenvalue weighted by atomic mass is 16.5. The van der Waals surface area contributed by atoms with E-state index < -0.39 is 5.97 Å². The summed E-state index contributed by atoms with van der Waals surface area (Å²) >= 11 is 0. The van der Waals surface area contributed by atoms with E-state index in [1.54, 1.807) is 18.2 Å². The van der Waals surface area contributed by atoms with Crippen molar-refractivity contribution in [1.82, 2.24) is 0 Å². The quantitative estimate of drug-likeness (QED) is 0.467. The van der Waals surface area contributed by atoms with Gasteiger partial charge in [0.25, 0.3) is 0 Å². The molecule has 0 amide bonds. The molecular weight excluding hydrogens is 340 g/mol. The Bertz CT molecular complexity index is 889. The minimum atomic E-state index is -0.438. The minimum absolute atomic E-state index is 0.173. The number of ether oxygens (including phenoxy) is 2. The number of benzene rings is 3. The number of esters is 2. The van der Waals surface area contributed by atoms with Gasteiger partial charge in [0.1, 0.15) is 5.75 Å². The van der Waals surface area contributed by atoms with Gasteiger partial charge in [0.05, 0.1) is 18.6 Å². The van der Waals surface area contributed by atoms with Crippen LogP contribution in [0.1, 0.15) is 21.5 Å². The van der Waals surface area contributed by atoms with Gasteiger partial charge < -0.3 is 9.47 Å². The summed E-state index contributed by atoms with van der Waals surface area (Å²) in [5.74, 6) is -0.490. The molecule has 0 unspecified atom stereocenters. The van der Waals surface area contributed by atoms with Crippen molar-refractivity contribution in [3.8, 4) is 5.75 Å². The predicted molar refractivity (Wildman–Crippen MR) is 103 cm³/mol. The van der Waals surface area contributed by atoms with Crippen molar-refractivity contribution < 1.29 is 19.1 Å². The zero-order chi connectivity index (χ0) is 18.9. The topological polar surface area (TPSA) is 52.6 Å². The van der Waals surface area contributed by atoms with Crippen molar-refractivity contribution in [2.45, 2.75) is 12.8 Å². The van der Waals surface area contributed by atoms with Gasteiger partial charge in [0.15, 0.2) is 0 Å². The van der Waals surface area contributed by atoms with Gasteiger partial charge in [-0.05, 0) is 29.3 Å². The Labute approximate surface area is 158 Å². The summed E-state index contributed by atoms with van der Waals surface area (Å²) in [6.07, 6.45) is 0.824. The van der Waals surface area contributed by atoms with Crippen molar-refractivity contribution in [1.29, 1.82) is 0 Å². The zero-order valence-corrected chi connectivity index (χ0v) is 14.8. The van der Waals surface area contributed by atoms with Gasteiger partial charge in [-0.2, -0.15) is 0 Å². The normalized spacial score (nSPS) is 10.2. The fraction of sp³-hybridized carbons (Fsp3) is 0.130. The number of carbonyl (C=O) groups is 2. The fourth-order valence-corrected chi connectivity index (χ4v) is 2.61. The second-order valence-corrected chi connectivity index (χ2v) is 6.04. The van der Waals surface area contributed by atoms with Crippen molar-refractivity contribution in [2.24, 2.45) is 0 Å². The number of rotatable bonds is 7. The van der Waals surface area contributed by atoms with E-state index in [1.165, 1.54) is 6.07 Å². The highest BCUT2D eigenvalue weighted by Crippen LogP contribution is 2.15. The molecule has 0 spiro atoms. The van der Waals surface area contributed by atoms with E-state index in [9.17, 15) is 9.59 Å². The molecule has 0 aromatic heterocycles. The summed E-state index contributed by atoms with van der Waals surface area (Å²) in [4.78, 5) is 24.3. The molecule has 136 valence electrons. The lowest BCUT2D eigenvalue weighted by Crippen LogP contribution is -2.12. The predicted octanol–water partition coefficient (Wildman–Crippen LogP) is 4.23. The monoisotopic (exact) mass is 360 g/mol. The molecule has 4 heteroatoms. The first-order chi connectivity index (χ1) is 13.2. The van der Waals surface area contributed by atoms with E-state index in [-0.39, 0.29) is 12.4 Å². The van der Waals surface area contributed by atoms with Gasteiger partial charge >= 0.3 is 11.9 Å². The molecule has 0 N–H and O–H groups in total. The maximum Gasteiger partial charge on any atom is 0.338 e. The van der Waals surface area contributed by atoms with Crippen molar-refractivity contribution >= 4 is 11.9 Å². The second kappa shape index (κ2) is 9.34. The second-order valence-electron chi connectivity index (χ2n) is 6.04. The van der Waals surface area contributed by atoms with Gasteiger partial charge in [0.2, 0.25) is 0 Å². The number of hydrogen-bond acceptors (Lipinski definition) is 4. The maximum absolute atomic E-state index is 12.2. The van der Waals surface area contributed by atoms with Crippen LogP contribution in [0.3, 0.4) is 0 Å². The van der Waals surface area contributed by atoms with Crippen LogP contribution < -0.4 is 4.74 Å². The van der Waals surface area contributed by atoms with Gasteiger partial charge in [-0.25, -0.2) is 4.79 Å². The molecule has 27 heavy (non-hydrogen) atoms. The highest BCUT2D eigenvalue weighted by Gasteiger charge is 2.11. The molecule has 0 radical (unpaired) electrons. The van der Waals surface area contributed by atoms with Crippen LogP contribution in [0.5, 0.6) is 5.75 Å².